The Hall–Kier alpha value is -1.98. The smallest absolute Gasteiger partial charge is 0.326 e. The van der Waals surface area contributed by atoms with Crippen LogP contribution in [0.15, 0.2) is 18.2 Å². The van der Waals surface area contributed by atoms with Crippen LogP contribution in [-0.4, -0.2) is 23.0 Å². The highest BCUT2D eigenvalue weighted by Gasteiger charge is 2.20. The van der Waals surface area contributed by atoms with Crippen LogP contribution in [0.25, 0.3) is 0 Å². The first kappa shape index (κ1) is 19.1. The Morgan fingerprint density at radius 1 is 1.04 bits per heavy atom. The maximum atomic E-state index is 13.1. The minimum atomic E-state index is -1.15. The molecule has 1 aromatic rings. The van der Waals surface area contributed by atoms with E-state index in [1.807, 2.05) is 0 Å². The molecule has 128 valence electrons. The number of unbranched alkanes of at least 4 members (excludes halogenated alkanes) is 5. The second-order valence-electron chi connectivity index (χ2n) is 5.58. The summed E-state index contributed by atoms with van der Waals surface area (Å²) in [6, 6.07) is 1.35. The molecule has 2 N–H and O–H groups in total. The molecule has 0 spiro atoms. The van der Waals surface area contributed by atoms with Gasteiger partial charge in [0.25, 0.3) is 5.91 Å². The summed E-state index contributed by atoms with van der Waals surface area (Å²) in [7, 11) is 0. The first-order chi connectivity index (χ1) is 10.9. The molecule has 23 heavy (non-hydrogen) atoms. The fraction of sp³-hybridized carbons (Fsp3) is 0.529. The summed E-state index contributed by atoms with van der Waals surface area (Å²) in [6.45, 7) is 2.12. The first-order valence-electron chi connectivity index (χ1n) is 7.93. The number of rotatable bonds is 10. The van der Waals surface area contributed by atoms with Gasteiger partial charge in [0, 0.05) is 11.6 Å². The maximum Gasteiger partial charge on any atom is 0.326 e. The maximum absolute atomic E-state index is 13.1. The van der Waals surface area contributed by atoms with Gasteiger partial charge in [-0.1, -0.05) is 45.4 Å². The minimum absolute atomic E-state index is 0.225. The Labute approximate surface area is 134 Å². The van der Waals surface area contributed by atoms with Gasteiger partial charge in [0.15, 0.2) is 0 Å². The number of carboxylic acids is 1. The predicted molar refractivity (Wildman–Crippen MR) is 83.2 cm³/mol. The second kappa shape index (κ2) is 9.92. The highest BCUT2D eigenvalue weighted by Crippen LogP contribution is 2.11. The van der Waals surface area contributed by atoms with Gasteiger partial charge in [-0.3, -0.25) is 4.79 Å². The zero-order valence-corrected chi connectivity index (χ0v) is 13.3. The zero-order valence-electron chi connectivity index (χ0n) is 13.3. The molecule has 4 nitrogen and oxygen atoms in total. The zero-order chi connectivity index (χ0) is 17.2. The summed E-state index contributed by atoms with van der Waals surface area (Å²) in [5, 5.41) is 11.5. The molecule has 1 rings (SSSR count). The molecule has 0 aliphatic rings. The number of benzene rings is 1. The van der Waals surface area contributed by atoms with E-state index in [9.17, 15) is 18.4 Å². The molecule has 0 saturated carbocycles. The van der Waals surface area contributed by atoms with Gasteiger partial charge in [0.2, 0.25) is 0 Å². The minimum Gasteiger partial charge on any atom is -0.480 e. The third-order valence-electron chi connectivity index (χ3n) is 3.57. The van der Waals surface area contributed by atoms with Crippen LogP contribution in [0.1, 0.15) is 62.2 Å². The van der Waals surface area contributed by atoms with Gasteiger partial charge in [-0.2, -0.15) is 0 Å². The molecule has 1 atom stereocenters. The van der Waals surface area contributed by atoms with Crippen LogP contribution < -0.4 is 5.32 Å². The Kier molecular flexibility index (Phi) is 8.22. The lowest BCUT2D eigenvalue weighted by atomic mass is 10.1. The third kappa shape index (κ3) is 7.21. The van der Waals surface area contributed by atoms with Crippen molar-refractivity contribution in [2.75, 3.05) is 0 Å². The van der Waals surface area contributed by atoms with Crippen LogP contribution in [0.4, 0.5) is 8.78 Å². The molecule has 0 aromatic heterocycles. The Balaban J connectivity index is 2.51. The lowest BCUT2D eigenvalue weighted by Crippen LogP contribution is -2.40. The monoisotopic (exact) mass is 327 g/mol. The van der Waals surface area contributed by atoms with Crippen molar-refractivity contribution >= 4 is 11.9 Å². The van der Waals surface area contributed by atoms with Crippen molar-refractivity contribution in [3.8, 4) is 0 Å². The topological polar surface area (TPSA) is 66.4 Å². The average molecular weight is 327 g/mol. The number of hydrogen-bond acceptors (Lipinski definition) is 2. The molecule has 0 saturated heterocycles. The molecule has 1 amide bonds. The van der Waals surface area contributed by atoms with E-state index in [2.05, 4.69) is 12.2 Å². The summed E-state index contributed by atoms with van der Waals surface area (Å²) in [4.78, 5) is 23.1. The lowest BCUT2D eigenvalue weighted by molar-refractivity contribution is -0.139. The van der Waals surface area contributed by atoms with E-state index < -0.39 is 29.6 Å². The number of carbonyl (C=O) groups excluding carboxylic acids is 1. The summed E-state index contributed by atoms with van der Waals surface area (Å²) in [5.74, 6) is -3.69. The Morgan fingerprint density at radius 2 is 1.61 bits per heavy atom. The highest BCUT2D eigenvalue weighted by atomic mass is 19.1. The van der Waals surface area contributed by atoms with Crippen LogP contribution in [0.5, 0.6) is 0 Å². The number of amides is 1. The molecular weight excluding hydrogens is 304 g/mol. The summed E-state index contributed by atoms with van der Waals surface area (Å²) in [6.07, 6.45) is 6.31. The third-order valence-corrected chi connectivity index (χ3v) is 3.57. The fourth-order valence-corrected chi connectivity index (χ4v) is 2.31. The SMILES string of the molecule is CCCCCCCC[C@H](NC(=O)c1cc(F)cc(F)c1)C(=O)O. The standard InChI is InChI=1S/C17H23F2NO3/c1-2-3-4-5-6-7-8-15(17(22)23)20-16(21)12-9-13(18)11-14(19)10-12/h9-11,15H,2-8H2,1H3,(H,20,21)(H,22,23)/t15-/m0/s1. The van der Waals surface area contributed by atoms with E-state index >= 15 is 0 Å². The van der Waals surface area contributed by atoms with Crippen molar-refractivity contribution in [3.63, 3.8) is 0 Å². The van der Waals surface area contributed by atoms with E-state index in [1.165, 1.54) is 0 Å². The molecule has 0 unspecified atom stereocenters. The predicted octanol–water partition coefficient (Wildman–Crippen LogP) is 3.90. The van der Waals surface area contributed by atoms with Crippen molar-refractivity contribution < 1.29 is 23.5 Å². The molecule has 6 heteroatoms. The van der Waals surface area contributed by atoms with Crippen LogP contribution in [0.3, 0.4) is 0 Å². The fourth-order valence-electron chi connectivity index (χ4n) is 2.31. The highest BCUT2D eigenvalue weighted by molar-refractivity contribution is 5.96. The summed E-state index contributed by atoms with van der Waals surface area (Å²) in [5.41, 5.74) is -0.225. The van der Waals surface area contributed by atoms with Crippen molar-refractivity contribution in [1.29, 1.82) is 0 Å². The van der Waals surface area contributed by atoms with Crippen LogP contribution in [-0.2, 0) is 4.79 Å². The van der Waals surface area contributed by atoms with E-state index in [0.29, 0.717) is 18.9 Å². The van der Waals surface area contributed by atoms with Gasteiger partial charge in [-0.25, -0.2) is 13.6 Å². The Bertz CT molecular complexity index is 514. The number of carboxylic acid groups (broad SMARTS) is 1. The molecular formula is C17H23F2NO3. The second-order valence-corrected chi connectivity index (χ2v) is 5.58. The Morgan fingerprint density at radius 3 is 2.17 bits per heavy atom. The number of hydrogen-bond donors (Lipinski definition) is 2. The van der Waals surface area contributed by atoms with Crippen molar-refractivity contribution in [1.82, 2.24) is 5.32 Å². The molecule has 0 heterocycles. The van der Waals surface area contributed by atoms with Gasteiger partial charge >= 0.3 is 5.97 Å². The van der Waals surface area contributed by atoms with Crippen LogP contribution in [0.2, 0.25) is 0 Å². The van der Waals surface area contributed by atoms with Crippen LogP contribution in [0, 0.1) is 11.6 Å². The molecule has 0 aliphatic carbocycles. The van der Waals surface area contributed by atoms with E-state index in [4.69, 9.17) is 5.11 Å². The van der Waals surface area contributed by atoms with E-state index in [-0.39, 0.29) is 5.56 Å². The molecule has 0 radical (unpaired) electrons. The van der Waals surface area contributed by atoms with Gasteiger partial charge < -0.3 is 10.4 Å². The summed E-state index contributed by atoms with van der Waals surface area (Å²) < 4.78 is 26.2. The molecule has 0 aliphatic heterocycles. The van der Waals surface area contributed by atoms with Crippen molar-refractivity contribution in [2.45, 2.75) is 57.9 Å². The number of carbonyl (C=O) groups is 2. The van der Waals surface area contributed by atoms with Crippen molar-refractivity contribution in [2.24, 2.45) is 0 Å². The van der Waals surface area contributed by atoms with E-state index in [0.717, 1.165) is 44.2 Å². The number of nitrogens with one attached hydrogen (secondary N) is 1. The summed E-state index contributed by atoms with van der Waals surface area (Å²) >= 11 is 0. The normalized spacial score (nSPS) is 12.0. The lowest BCUT2D eigenvalue weighted by Gasteiger charge is -2.14. The van der Waals surface area contributed by atoms with Crippen LogP contribution >= 0.6 is 0 Å². The van der Waals surface area contributed by atoms with Crippen molar-refractivity contribution in [3.05, 3.63) is 35.4 Å². The van der Waals surface area contributed by atoms with Gasteiger partial charge in [-0.15, -0.1) is 0 Å². The largest absolute Gasteiger partial charge is 0.480 e. The first-order valence-corrected chi connectivity index (χ1v) is 7.93. The van der Waals surface area contributed by atoms with Gasteiger partial charge in [0.1, 0.15) is 17.7 Å². The quantitative estimate of drug-likeness (QED) is 0.641. The van der Waals surface area contributed by atoms with Gasteiger partial charge in [0.05, 0.1) is 0 Å². The molecule has 0 bridgehead atoms. The van der Waals surface area contributed by atoms with E-state index in [1.54, 1.807) is 0 Å². The number of halogens is 2. The average Bonchev–Trinajstić information content (AvgIpc) is 2.48. The molecule has 1 aromatic carbocycles. The van der Waals surface area contributed by atoms with Gasteiger partial charge in [-0.05, 0) is 18.6 Å². The molecule has 0 fully saturated rings. The number of aliphatic carboxylic acids is 1.